The van der Waals surface area contributed by atoms with Crippen LogP contribution in [0.15, 0.2) is 12.1 Å². The molecular weight excluding hydrogens is 222 g/mol. The lowest BCUT2D eigenvalue weighted by atomic mass is 10.0. The van der Waals surface area contributed by atoms with Gasteiger partial charge in [0, 0.05) is 20.1 Å². The summed E-state index contributed by atoms with van der Waals surface area (Å²) in [5.41, 5.74) is 1.17. The fourth-order valence-electron chi connectivity index (χ4n) is 2.29. The fourth-order valence-corrected chi connectivity index (χ4v) is 2.29. The van der Waals surface area contributed by atoms with E-state index in [0.29, 0.717) is 11.7 Å². The van der Waals surface area contributed by atoms with Crippen LogP contribution in [0.4, 0.5) is 14.5 Å². The maximum Gasteiger partial charge on any atom is 0.182 e. The molecule has 0 aliphatic carbocycles. The Kier molecular flexibility index (Phi) is 3.62. The van der Waals surface area contributed by atoms with Crippen LogP contribution in [0.1, 0.15) is 18.4 Å². The standard InChI is InChI=1S/C13H18F2N2/c1-17(2)12-8-9(7-11(14)13(12)15)6-10-4-3-5-16-10/h7-8,10,16H,3-6H2,1-2H3. The minimum Gasteiger partial charge on any atom is -0.375 e. The zero-order valence-electron chi connectivity index (χ0n) is 10.3. The minimum absolute atomic E-state index is 0.318. The third-order valence-corrected chi connectivity index (χ3v) is 3.20. The van der Waals surface area contributed by atoms with E-state index in [-0.39, 0.29) is 0 Å². The first-order valence-corrected chi connectivity index (χ1v) is 5.96. The molecule has 1 N–H and O–H groups in total. The van der Waals surface area contributed by atoms with Gasteiger partial charge in [0.2, 0.25) is 0 Å². The molecule has 2 rings (SSSR count). The third-order valence-electron chi connectivity index (χ3n) is 3.20. The second-order valence-corrected chi connectivity index (χ2v) is 4.80. The largest absolute Gasteiger partial charge is 0.375 e. The Morgan fingerprint density at radius 1 is 1.35 bits per heavy atom. The molecule has 1 aromatic carbocycles. The Morgan fingerprint density at radius 3 is 2.71 bits per heavy atom. The number of hydrogen-bond donors (Lipinski definition) is 1. The van der Waals surface area contributed by atoms with Crippen LogP contribution >= 0.6 is 0 Å². The maximum atomic E-state index is 13.5. The number of benzene rings is 1. The Hall–Kier alpha value is -1.16. The monoisotopic (exact) mass is 240 g/mol. The predicted molar refractivity (Wildman–Crippen MR) is 65.4 cm³/mol. The molecular formula is C13H18F2N2. The number of nitrogens with one attached hydrogen (secondary N) is 1. The highest BCUT2D eigenvalue weighted by Gasteiger charge is 2.17. The number of halogens is 2. The van der Waals surface area contributed by atoms with Crippen LogP contribution in [-0.2, 0) is 6.42 Å². The van der Waals surface area contributed by atoms with Gasteiger partial charge >= 0.3 is 0 Å². The smallest absolute Gasteiger partial charge is 0.182 e. The highest BCUT2D eigenvalue weighted by atomic mass is 19.2. The van der Waals surface area contributed by atoms with Crippen molar-refractivity contribution in [3.8, 4) is 0 Å². The van der Waals surface area contributed by atoms with Crippen LogP contribution < -0.4 is 10.2 Å². The van der Waals surface area contributed by atoms with Crippen LogP contribution in [0, 0.1) is 11.6 Å². The van der Waals surface area contributed by atoms with E-state index < -0.39 is 11.6 Å². The molecule has 1 aliphatic heterocycles. The first kappa shape index (κ1) is 12.3. The van der Waals surface area contributed by atoms with Gasteiger partial charge in [-0.05, 0) is 43.5 Å². The van der Waals surface area contributed by atoms with Gasteiger partial charge in [-0.1, -0.05) is 0 Å². The van der Waals surface area contributed by atoms with Crippen molar-refractivity contribution in [3.63, 3.8) is 0 Å². The molecule has 0 bridgehead atoms. The number of anilines is 1. The van der Waals surface area contributed by atoms with Crippen molar-refractivity contribution in [1.82, 2.24) is 5.32 Å². The first-order valence-electron chi connectivity index (χ1n) is 5.96. The summed E-state index contributed by atoms with van der Waals surface area (Å²) in [6.07, 6.45) is 3.03. The molecule has 2 nitrogen and oxygen atoms in total. The molecule has 1 aliphatic rings. The summed E-state index contributed by atoms with van der Waals surface area (Å²) in [6, 6.07) is 3.44. The molecule has 1 unspecified atom stereocenters. The van der Waals surface area contributed by atoms with Gasteiger partial charge in [0.25, 0.3) is 0 Å². The summed E-state index contributed by atoms with van der Waals surface area (Å²) < 4.78 is 27.0. The zero-order chi connectivity index (χ0) is 12.4. The van der Waals surface area contributed by atoms with E-state index in [1.54, 1.807) is 25.1 Å². The fraction of sp³-hybridized carbons (Fsp3) is 0.538. The lowest BCUT2D eigenvalue weighted by molar-refractivity contribution is 0.505. The van der Waals surface area contributed by atoms with E-state index in [9.17, 15) is 8.78 Å². The molecule has 94 valence electrons. The van der Waals surface area contributed by atoms with Crippen molar-refractivity contribution in [1.29, 1.82) is 0 Å². The van der Waals surface area contributed by atoms with E-state index >= 15 is 0 Å². The minimum atomic E-state index is -0.766. The Balaban J connectivity index is 2.22. The van der Waals surface area contributed by atoms with Gasteiger partial charge in [0.15, 0.2) is 11.6 Å². The average molecular weight is 240 g/mol. The van der Waals surface area contributed by atoms with Crippen LogP contribution in [0.3, 0.4) is 0 Å². The Labute approximate surface area is 101 Å². The second kappa shape index (κ2) is 5.00. The lowest BCUT2D eigenvalue weighted by Crippen LogP contribution is -2.24. The summed E-state index contributed by atoms with van der Waals surface area (Å²) in [7, 11) is 3.44. The molecule has 0 spiro atoms. The van der Waals surface area contributed by atoms with E-state index in [1.807, 2.05) is 0 Å². The van der Waals surface area contributed by atoms with Gasteiger partial charge in [-0.3, -0.25) is 0 Å². The molecule has 0 saturated carbocycles. The summed E-state index contributed by atoms with van der Waals surface area (Å²) in [5.74, 6) is -1.53. The normalized spacial score (nSPS) is 19.6. The summed E-state index contributed by atoms with van der Waals surface area (Å²) >= 11 is 0. The number of nitrogens with zero attached hydrogens (tertiary/aromatic N) is 1. The SMILES string of the molecule is CN(C)c1cc(CC2CCCN2)cc(F)c1F. The Morgan fingerprint density at radius 2 is 2.12 bits per heavy atom. The average Bonchev–Trinajstić information content (AvgIpc) is 2.75. The van der Waals surface area contributed by atoms with Gasteiger partial charge in [-0.25, -0.2) is 8.78 Å². The van der Waals surface area contributed by atoms with E-state index in [2.05, 4.69) is 5.32 Å². The molecule has 17 heavy (non-hydrogen) atoms. The number of hydrogen-bond acceptors (Lipinski definition) is 2. The van der Waals surface area contributed by atoms with Gasteiger partial charge in [-0.2, -0.15) is 0 Å². The van der Waals surface area contributed by atoms with Crippen molar-refractivity contribution in [3.05, 3.63) is 29.3 Å². The molecule has 1 aromatic rings. The molecule has 1 saturated heterocycles. The predicted octanol–water partition coefficient (Wildman–Crippen LogP) is 2.33. The molecule has 1 heterocycles. The van der Waals surface area contributed by atoms with Crippen molar-refractivity contribution < 1.29 is 8.78 Å². The molecule has 1 fully saturated rings. The highest BCUT2D eigenvalue weighted by molar-refractivity contribution is 5.49. The van der Waals surface area contributed by atoms with Gasteiger partial charge < -0.3 is 10.2 Å². The van der Waals surface area contributed by atoms with Crippen LogP contribution in [0.5, 0.6) is 0 Å². The zero-order valence-corrected chi connectivity index (χ0v) is 10.3. The quantitative estimate of drug-likeness (QED) is 0.872. The van der Waals surface area contributed by atoms with Gasteiger partial charge in [-0.15, -0.1) is 0 Å². The summed E-state index contributed by atoms with van der Waals surface area (Å²) in [4.78, 5) is 1.60. The Bertz CT molecular complexity index is 399. The molecule has 0 radical (unpaired) electrons. The van der Waals surface area contributed by atoms with Gasteiger partial charge in [0.05, 0.1) is 5.69 Å². The summed E-state index contributed by atoms with van der Waals surface area (Å²) in [5, 5.41) is 3.36. The highest BCUT2D eigenvalue weighted by Crippen LogP contribution is 2.23. The molecule has 1 atom stereocenters. The lowest BCUT2D eigenvalue weighted by Gasteiger charge is -2.17. The second-order valence-electron chi connectivity index (χ2n) is 4.80. The van der Waals surface area contributed by atoms with Crippen molar-refractivity contribution in [2.24, 2.45) is 0 Å². The van der Waals surface area contributed by atoms with Crippen molar-refractivity contribution >= 4 is 5.69 Å². The molecule has 0 aromatic heterocycles. The van der Waals surface area contributed by atoms with Crippen molar-refractivity contribution in [2.45, 2.75) is 25.3 Å². The van der Waals surface area contributed by atoms with E-state index in [1.165, 1.54) is 6.07 Å². The molecule has 4 heteroatoms. The number of rotatable bonds is 3. The van der Waals surface area contributed by atoms with E-state index in [4.69, 9.17) is 0 Å². The van der Waals surface area contributed by atoms with Crippen LogP contribution in [0.2, 0.25) is 0 Å². The summed E-state index contributed by atoms with van der Waals surface area (Å²) in [6.45, 7) is 1.02. The maximum absolute atomic E-state index is 13.5. The van der Waals surface area contributed by atoms with E-state index in [0.717, 1.165) is 31.4 Å². The van der Waals surface area contributed by atoms with Crippen LogP contribution in [0.25, 0.3) is 0 Å². The molecule has 0 amide bonds. The van der Waals surface area contributed by atoms with Crippen LogP contribution in [-0.4, -0.2) is 26.7 Å². The third kappa shape index (κ3) is 2.75. The van der Waals surface area contributed by atoms with Gasteiger partial charge in [0.1, 0.15) is 0 Å². The topological polar surface area (TPSA) is 15.3 Å². The first-order chi connectivity index (χ1) is 8.08. The van der Waals surface area contributed by atoms with Crippen molar-refractivity contribution in [2.75, 3.05) is 25.5 Å².